The normalized spacial score (nSPS) is 12.6. The third-order valence-electron chi connectivity index (χ3n) is 2.70. The second-order valence-corrected chi connectivity index (χ2v) is 6.28. The molecular formula is C13H19F3N2O2S. The van der Waals surface area contributed by atoms with E-state index in [2.05, 4.69) is 5.32 Å². The Morgan fingerprint density at radius 3 is 2.43 bits per heavy atom. The largest absolute Gasteiger partial charge is 0.390 e. The summed E-state index contributed by atoms with van der Waals surface area (Å²) in [5, 5.41) is 3.07. The molecule has 0 saturated carbocycles. The van der Waals surface area contributed by atoms with Crippen LogP contribution in [-0.2, 0) is 16.6 Å². The first-order valence-corrected chi connectivity index (χ1v) is 8.09. The van der Waals surface area contributed by atoms with Crippen molar-refractivity contribution >= 4 is 10.0 Å². The highest BCUT2D eigenvalue weighted by Gasteiger charge is 2.28. The molecule has 0 spiro atoms. The van der Waals surface area contributed by atoms with Crippen LogP contribution in [-0.4, -0.2) is 27.7 Å². The summed E-state index contributed by atoms with van der Waals surface area (Å²) >= 11 is 0. The van der Waals surface area contributed by atoms with Crippen LogP contribution in [0.3, 0.4) is 0 Å². The molecule has 8 heteroatoms. The van der Waals surface area contributed by atoms with Crippen molar-refractivity contribution in [3.8, 4) is 0 Å². The Labute approximate surface area is 122 Å². The zero-order chi connectivity index (χ0) is 15.9. The molecule has 0 fully saturated rings. The maximum absolute atomic E-state index is 12.1. The van der Waals surface area contributed by atoms with Gasteiger partial charge < -0.3 is 5.32 Å². The van der Waals surface area contributed by atoms with Gasteiger partial charge in [0, 0.05) is 13.1 Å². The minimum Gasteiger partial charge on any atom is -0.313 e. The van der Waals surface area contributed by atoms with Crippen molar-refractivity contribution in [2.45, 2.75) is 37.4 Å². The van der Waals surface area contributed by atoms with Crippen molar-refractivity contribution in [2.24, 2.45) is 0 Å². The molecule has 2 N–H and O–H groups in total. The minimum atomic E-state index is -4.38. The summed E-state index contributed by atoms with van der Waals surface area (Å²) in [6.07, 6.45) is -4.67. The summed E-state index contributed by atoms with van der Waals surface area (Å²) in [6.45, 7) is 2.40. The minimum absolute atomic E-state index is 0.00998. The van der Waals surface area contributed by atoms with E-state index in [-0.39, 0.29) is 4.90 Å². The lowest BCUT2D eigenvalue weighted by molar-refractivity contribution is -0.132. The lowest BCUT2D eigenvalue weighted by atomic mass is 10.2. The Hall–Kier alpha value is -1.12. The predicted molar refractivity (Wildman–Crippen MR) is 74.3 cm³/mol. The van der Waals surface area contributed by atoms with Crippen LogP contribution in [0.2, 0.25) is 0 Å². The average molecular weight is 324 g/mol. The zero-order valence-corrected chi connectivity index (χ0v) is 12.5. The number of hydrogen-bond acceptors (Lipinski definition) is 3. The Kier molecular flexibility index (Phi) is 6.63. The van der Waals surface area contributed by atoms with Crippen LogP contribution in [0.1, 0.15) is 25.3 Å². The Balaban J connectivity index is 2.78. The molecule has 0 amide bonds. The molecule has 1 aromatic carbocycles. The number of nitrogens with one attached hydrogen (secondary N) is 2. The first kappa shape index (κ1) is 17.9. The van der Waals surface area contributed by atoms with E-state index in [1.54, 1.807) is 18.2 Å². The van der Waals surface area contributed by atoms with Crippen LogP contribution in [0.5, 0.6) is 0 Å². The lowest BCUT2D eigenvalue weighted by Gasteiger charge is -2.12. The highest BCUT2D eigenvalue weighted by atomic mass is 32.2. The van der Waals surface area contributed by atoms with Crippen molar-refractivity contribution in [3.05, 3.63) is 29.8 Å². The number of benzene rings is 1. The molecule has 0 atom stereocenters. The van der Waals surface area contributed by atoms with Crippen LogP contribution >= 0.6 is 0 Å². The quantitative estimate of drug-likeness (QED) is 0.722. The summed E-state index contributed by atoms with van der Waals surface area (Å²) in [5.41, 5.74) is 0.533. The van der Waals surface area contributed by atoms with Crippen LogP contribution in [0, 0.1) is 0 Å². The Morgan fingerprint density at radius 1 is 1.14 bits per heavy atom. The average Bonchev–Trinajstić information content (AvgIpc) is 2.37. The van der Waals surface area contributed by atoms with Gasteiger partial charge in [0.2, 0.25) is 10.0 Å². The smallest absolute Gasteiger partial charge is 0.313 e. The molecule has 21 heavy (non-hydrogen) atoms. The van der Waals surface area contributed by atoms with E-state index in [4.69, 9.17) is 0 Å². The molecule has 1 aromatic rings. The molecule has 0 radical (unpaired) electrons. The van der Waals surface area contributed by atoms with Crippen molar-refractivity contribution in [1.82, 2.24) is 10.0 Å². The fourth-order valence-corrected chi connectivity index (χ4v) is 2.99. The van der Waals surface area contributed by atoms with Crippen molar-refractivity contribution in [1.29, 1.82) is 0 Å². The van der Waals surface area contributed by atoms with Gasteiger partial charge in [0.05, 0.1) is 11.3 Å². The van der Waals surface area contributed by atoms with E-state index in [1.165, 1.54) is 6.07 Å². The van der Waals surface area contributed by atoms with Gasteiger partial charge in [-0.3, -0.25) is 0 Å². The van der Waals surface area contributed by atoms with E-state index in [0.29, 0.717) is 12.1 Å². The van der Waals surface area contributed by atoms with Gasteiger partial charge in [0.25, 0.3) is 0 Å². The second kappa shape index (κ2) is 7.77. The first-order chi connectivity index (χ1) is 9.76. The van der Waals surface area contributed by atoms with Gasteiger partial charge in [-0.05, 0) is 24.6 Å². The molecule has 0 saturated heterocycles. The molecular weight excluding hydrogens is 305 g/mol. The lowest BCUT2D eigenvalue weighted by Crippen LogP contribution is -2.29. The van der Waals surface area contributed by atoms with E-state index in [0.717, 1.165) is 13.0 Å². The molecule has 0 aliphatic carbocycles. The maximum atomic E-state index is 12.1. The van der Waals surface area contributed by atoms with Crippen LogP contribution in [0.15, 0.2) is 29.2 Å². The third-order valence-corrected chi connectivity index (χ3v) is 4.27. The van der Waals surface area contributed by atoms with Gasteiger partial charge in [0.1, 0.15) is 0 Å². The number of halogens is 3. The summed E-state index contributed by atoms with van der Waals surface area (Å²) in [7, 11) is -3.94. The molecule has 1 rings (SSSR count). The summed E-state index contributed by atoms with van der Waals surface area (Å²) in [4.78, 5) is 0.00998. The van der Waals surface area contributed by atoms with Crippen molar-refractivity contribution in [2.75, 3.05) is 13.1 Å². The fraction of sp³-hybridized carbons (Fsp3) is 0.538. The first-order valence-electron chi connectivity index (χ1n) is 6.61. The number of sulfonamides is 1. The summed E-state index contributed by atoms with van der Waals surface area (Å²) in [5.74, 6) is 0. The SMILES string of the molecule is CCCNCc1ccccc1S(=O)(=O)NCCC(F)(F)F. The molecule has 0 aliphatic heterocycles. The summed E-state index contributed by atoms with van der Waals surface area (Å²) < 4.78 is 62.3. The van der Waals surface area contributed by atoms with E-state index >= 15 is 0 Å². The number of hydrogen-bond donors (Lipinski definition) is 2. The molecule has 120 valence electrons. The predicted octanol–water partition coefficient (Wildman–Crippen LogP) is 2.42. The third kappa shape index (κ3) is 6.45. The topological polar surface area (TPSA) is 58.2 Å². The van der Waals surface area contributed by atoms with Gasteiger partial charge in [-0.15, -0.1) is 0 Å². The number of alkyl halides is 3. The second-order valence-electron chi connectivity index (χ2n) is 4.55. The van der Waals surface area contributed by atoms with Crippen LogP contribution in [0.25, 0.3) is 0 Å². The Morgan fingerprint density at radius 2 is 1.81 bits per heavy atom. The molecule has 0 aromatic heterocycles. The van der Waals surface area contributed by atoms with E-state index in [9.17, 15) is 21.6 Å². The highest BCUT2D eigenvalue weighted by Crippen LogP contribution is 2.20. The highest BCUT2D eigenvalue weighted by molar-refractivity contribution is 7.89. The summed E-state index contributed by atoms with van der Waals surface area (Å²) in [6, 6.07) is 6.26. The van der Waals surface area contributed by atoms with Gasteiger partial charge >= 0.3 is 6.18 Å². The van der Waals surface area contributed by atoms with Gasteiger partial charge in [-0.25, -0.2) is 13.1 Å². The molecule has 0 bridgehead atoms. The van der Waals surface area contributed by atoms with Gasteiger partial charge in [-0.2, -0.15) is 13.2 Å². The number of rotatable bonds is 8. The maximum Gasteiger partial charge on any atom is 0.390 e. The van der Waals surface area contributed by atoms with E-state index in [1.807, 2.05) is 11.6 Å². The monoisotopic (exact) mass is 324 g/mol. The standard InChI is InChI=1S/C13H19F3N2O2S/c1-2-8-17-10-11-5-3-4-6-12(11)21(19,20)18-9-7-13(14,15)16/h3-6,17-18H,2,7-10H2,1H3. The van der Waals surface area contributed by atoms with Crippen LogP contribution in [0.4, 0.5) is 13.2 Å². The molecule has 0 heterocycles. The van der Waals surface area contributed by atoms with E-state index < -0.39 is 29.2 Å². The Bertz CT molecular complexity index is 545. The van der Waals surface area contributed by atoms with Gasteiger partial charge in [-0.1, -0.05) is 25.1 Å². The zero-order valence-electron chi connectivity index (χ0n) is 11.7. The molecule has 0 unspecified atom stereocenters. The van der Waals surface area contributed by atoms with Gasteiger partial charge in [0.15, 0.2) is 0 Å². The van der Waals surface area contributed by atoms with Crippen molar-refractivity contribution < 1.29 is 21.6 Å². The molecule has 4 nitrogen and oxygen atoms in total. The van der Waals surface area contributed by atoms with Crippen LogP contribution < -0.4 is 10.0 Å². The fourth-order valence-electron chi connectivity index (χ4n) is 1.72. The van der Waals surface area contributed by atoms with Crippen molar-refractivity contribution in [3.63, 3.8) is 0 Å². The molecule has 0 aliphatic rings.